The van der Waals surface area contributed by atoms with Gasteiger partial charge in [-0.1, -0.05) is 0 Å². The number of nitrogens with zero attached hydrogens (tertiary/aromatic N) is 2. The number of aromatic nitrogens is 2. The minimum absolute atomic E-state index is 0.179. The summed E-state index contributed by atoms with van der Waals surface area (Å²) in [5, 5.41) is 0. The zero-order chi connectivity index (χ0) is 14.8. The summed E-state index contributed by atoms with van der Waals surface area (Å²) >= 11 is 3.22. The van der Waals surface area contributed by atoms with Crippen LogP contribution in [0.3, 0.4) is 0 Å². The van der Waals surface area contributed by atoms with Gasteiger partial charge in [0, 0.05) is 42.6 Å². The van der Waals surface area contributed by atoms with Crippen molar-refractivity contribution in [2.45, 2.75) is 11.3 Å². The number of aryl methyl sites for hydroxylation is 1. The van der Waals surface area contributed by atoms with E-state index in [0.717, 1.165) is 5.82 Å². The number of benzene rings is 1. The molecule has 0 aliphatic heterocycles. The quantitative estimate of drug-likeness (QED) is 0.787. The molecule has 0 aliphatic rings. The van der Waals surface area contributed by atoms with Gasteiger partial charge in [0.2, 0.25) is 10.0 Å². The third kappa shape index (κ3) is 3.38. The summed E-state index contributed by atoms with van der Waals surface area (Å²) in [4.78, 5) is 4.32. The molecule has 0 aliphatic carbocycles. The second kappa shape index (κ2) is 5.94. The lowest BCUT2D eigenvalue weighted by Gasteiger charge is -2.08. The van der Waals surface area contributed by atoms with Crippen molar-refractivity contribution in [2.75, 3.05) is 12.3 Å². The number of imidazole rings is 1. The Labute approximate surface area is 126 Å². The fraction of sp³-hybridized carbons (Fsp3) is 0.250. The minimum Gasteiger partial charge on any atom is -0.398 e. The smallest absolute Gasteiger partial charge is 0.240 e. The second-order valence-electron chi connectivity index (χ2n) is 4.29. The number of hydrogen-bond donors (Lipinski definition) is 2. The maximum Gasteiger partial charge on any atom is 0.240 e. The molecule has 0 bridgehead atoms. The van der Waals surface area contributed by atoms with Crippen molar-refractivity contribution < 1.29 is 8.42 Å². The Bertz CT molecular complexity index is 712. The highest BCUT2D eigenvalue weighted by Crippen LogP contribution is 2.22. The van der Waals surface area contributed by atoms with Gasteiger partial charge in [-0.15, -0.1) is 0 Å². The van der Waals surface area contributed by atoms with Crippen molar-refractivity contribution >= 4 is 31.6 Å². The van der Waals surface area contributed by atoms with Gasteiger partial charge in [0.25, 0.3) is 0 Å². The van der Waals surface area contributed by atoms with Crippen LogP contribution < -0.4 is 10.5 Å². The molecule has 0 radical (unpaired) electrons. The molecule has 1 aromatic carbocycles. The summed E-state index contributed by atoms with van der Waals surface area (Å²) in [5.41, 5.74) is 6.14. The zero-order valence-electron chi connectivity index (χ0n) is 10.9. The Balaban J connectivity index is 2.04. The molecule has 20 heavy (non-hydrogen) atoms. The topological polar surface area (TPSA) is 90.0 Å². The Morgan fingerprint density at radius 3 is 2.80 bits per heavy atom. The van der Waals surface area contributed by atoms with Gasteiger partial charge in [0.15, 0.2) is 0 Å². The van der Waals surface area contributed by atoms with Crippen LogP contribution in [-0.2, 0) is 23.5 Å². The maximum absolute atomic E-state index is 12.1. The molecule has 0 saturated carbocycles. The Morgan fingerprint density at radius 1 is 1.45 bits per heavy atom. The number of anilines is 1. The summed E-state index contributed by atoms with van der Waals surface area (Å²) in [5.74, 6) is 0.825. The van der Waals surface area contributed by atoms with Gasteiger partial charge in [0.05, 0.1) is 4.90 Å². The predicted molar refractivity (Wildman–Crippen MR) is 80.7 cm³/mol. The van der Waals surface area contributed by atoms with Crippen molar-refractivity contribution in [1.29, 1.82) is 0 Å². The first kappa shape index (κ1) is 15.0. The van der Waals surface area contributed by atoms with E-state index < -0.39 is 10.0 Å². The summed E-state index contributed by atoms with van der Waals surface area (Å²) in [6.07, 6.45) is 4.03. The molecule has 0 amide bonds. The van der Waals surface area contributed by atoms with E-state index in [4.69, 9.17) is 5.73 Å². The first-order chi connectivity index (χ1) is 9.40. The number of nitrogens with one attached hydrogen (secondary N) is 1. The highest BCUT2D eigenvalue weighted by atomic mass is 79.9. The summed E-state index contributed by atoms with van der Waals surface area (Å²) in [6, 6.07) is 4.51. The third-order valence-corrected chi connectivity index (χ3v) is 4.99. The summed E-state index contributed by atoms with van der Waals surface area (Å²) in [6.45, 7) is 0.287. The number of nitrogens with two attached hydrogens (primary N) is 1. The molecule has 1 heterocycles. The lowest BCUT2D eigenvalue weighted by atomic mass is 10.3. The lowest BCUT2D eigenvalue weighted by Crippen LogP contribution is -2.26. The van der Waals surface area contributed by atoms with Crippen LogP contribution >= 0.6 is 15.9 Å². The minimum atomic E-state index is -3.54. The molecular formula is C12H15BrN4O2S. The van der Waals surface area contributed by atoms with E-state index in [2.05, 4.69) is 25.6 Å². The van der Waals surface area contributed by atoms with Crippen molar-refractivity contribution in [1.82, 2.24) is 14.3 Å². The monoisotopic (exact) mass is 358 g/mol. The third-order valence-electron chi connectivity index (χ3n) is 2.84. The van der Waals surface area contributed by atoms with Crippen molar-refractivity contribution in [3.8, 4) is 0 Å². The van der Waals surface area contributed by atoms with Crippen LogP contribution in [0.15, 0.2) is 40.0 Å². The first-order valence-corrected chi connectivity index (χ1v) is 8.18. The molecule has 1 aromatic heterocycles. The number of nitrogen functional groups attached to an aromatic ring is 1. The fourth-order valence-electron chi connectivity index (χ4n) is 1.69. The van der Waals surface area contributed by atoms with E-state index in [1.165, 1.54) is 12.1 Å². The van der Waals surface area contributed by atoms with E-state index in [0.29, 0.717) is 16.6 Å². The second-order valence-corrected chi connectivity index (χ2v) is 6.91. The average molecular weight is 359 g/mol. The van der Waals surface area contributed by atoms with Crippen LogP contribution in [0, 0.1) is 0 Å². The molecule has 0 atom stereocenters. The molecule has 0 saturated heterocycles. The molecule has 2 aromatic rings. The van der Waals surface area contributed by atoms with E-state index in [9.17, 15) is 8.42 Å². The van der Waals surface area contributed by atoms with Crippen molar-refractivity contribution in [3.63, 3.8) is 0 Å². The number of rotatable bonds is 5. The molecule has 8 heteroatoms. The van der Waals surface area contributed by atoms with Crippen LogP contribution in [0.25, 0.3) is 0 Å². The predicted octanol–water partition coefficient (Wildman–Crippen LogP) is 1.29. The fourth-order valence-corrected chi connectivity index (χ4v) is 3.28. The Kier molecular flexibility index (Phi) is 4.46. The van der Waals surface area contributed by atoms with E-state index in [-0.39, 0.29) is 11.4 Å². The summed E-state index contributed by atoms with van der Waals surface area (Å²) < 4.78 is 29.2. The van der Waals surface area contributed by atoms with Gasteiger partial charge in [-0.2, -0.15) is 0 Å². The van der Waals surface area contributed by atoms with E-state index in [1.54, 1.807) is 12.3 Å². The normalized spacial score (nSPS) is 11.7. The molecule has 6 nitrogen and oxygen atoms in total. The molecule has 3 N–H and O–H groups in total. The molecular weight excluding hydrogens is 344 g/mol. The van der Waals surface area contributed by atoms with Gasteiger partial charge < -0.3 is 10.3 Å². The van der Waals surface area contributed by atoms with Gasteiger partial charge in [-0.25, -0.2) is 18.1 Å². The van der Waals surface area contributed by atoms with E-state index >= 15 is 0 Å². The van der Waals surface area contributed by atoms with Crippen LogP contribution in [0.4, 0.5) is 5.69 Å². The SMILES string of the molecule is Cn1ccnc1CCNS(=O)(=O)c1ccc(N)c(Br)c1. The zero-order valence-corrected chi connectivity index (χ0v) is 13.3. The van der Waals surface area contributed by atoms with Crippen LogP contribution in [0.2, 0.25) is 0 Å². The van der Waals surface area contributed by atoms with Gasteiger partial charge in [-0.05, 0) is 34.1 Å². The van der Waals surface area contributed by atoms with Crippen molar-refractivity contribution in [2.24, 2.45) is 7.05 Å². The Morgan fingerprint density at radius 2 is 2.20 bits per heavy atom. The highest BCUT2D eigenvalue weighted by Gasteiger charge is 2.14. The van der Waals surface area contributed by atoms with E-state index in [1.807, 2.05) is 17.8 Å². The molecule has 0 unspecified atom stereocenters. The largest absolute Gasteiger partial charge is 0.398 e. The van der Waals surface area contributed by atoms with Gasteiger partial charge >= 0.3 is 0 Å². The van der Waals surface area contributed by atoms with Gasteiger partial charge in [-0.3, -0.25) is 0 Å². The van der Waals surface area contributed by atoms with Crippen molar-refractivity contribution in [3.05, 3.63) is 40.9 Å². The molecule has 108 valence electrons. The lowest BCUT2D eigenvalue weighted by molar-refractivity contribution is 0.580. The average Bonchev–Trinajstić information content (AvgIpc) is 2.78. The first-order valence-electron chi connectivity index (χ1n) is 5.91. The highest BCUT2D eigenvalue weighted by molar-refractivity contribution is 9.10. The van der Waals surface area contributed by atoms with Crippen LogP contribution in [-0.4, -0.2) is 24.5 Å². The molecule has 0 spiro atoms. The Hall–Kier alpha value is -1.38. The standard InChI is InChI=1S/C12H15BrN4O2S/c1-17-7-6-15-12(17)4-5-16-20(18,19)9-2-3-11(14)10(13)8-9/h2-3,6-8,16H,4-5,14H2,1H3. The number of sulfonamides is 1. The van der Waals surface area contributed by atoms with Crippen LogP contribution in [0.5, 0.6) is 0 Å². The number of hydrogen-bond acceptors (Lipinski definition) is 4. The molecule has 0 fully saturated rings. The number of halogens is 1. The maximum atomic E-state index is 12.1. The molecule has 2 rings (SSSR count). The van der Waals surface area contributed by atoms with Gasteiger partial charge in [0.1, 0.15) is 5.82 Å². The van der Waals surface area contributed by atoms with Crippen LogP contribution in [0.1, 0.15) is 5.82 Å². The summed E-state index contributed by atoms with van der Waals surface area (Å²) in [7, 11) is -1.67.